The molecular weight excluding hydrogens is 242 g/mol. The summed E-state index contributed by atoms with van der Waals surface area (Å²) in [6.45, 7) is 2.33. The van der Waals surface area contributed by atoms with E-state index in [0.717, 1.165) is 31.4 Å². The van der Waals surface area contributed by atoms with E-state index in [-0.39, 0.29) is 11.8 Å². The summed E-state index contributed by atoms with van der Waals surface area (Å²) >= 11 is 0. The van der Waals surface area contributed by atoms with Crippen LogP contribution in [0.1, 0.15) is 26.2 Å². The molecule has 5 heteroatoms. The van der Waals surface area contributed by atoms with E-state index >= 15 is 0 Å². The van der Waals surface area contributed by atoms with E-state index in [4.69, 9.17) is 5.73 Å². The third kappa shape index (κ3) is 2.87. The number of likely N-dealkylation sites (N-methyl/N-ethyl adjacent to an activating group) is 1. The molecule has 0 saturated carbocycles. The lowest BCUT2D eigenvalue weighted by Crippen LogP contribution is -2.42. The molecule has 0 radical (unpaired) electrons. The van der Waals surface area contributed by atoms with Crippen LogP contribution in [0, 0.1) is 5.92 Å². The van der Waals surface area contributed by atoms with Gasteiger partial charge in [0.05, 0.1) is 6.04 Å². The van der Waals surface area contributed by atoms with Gasteiger partial charge in [0.15, 0.2) is 0 Å². The van der Waals surface area contributed by atoms with Gasteiger partial charge in [0.25, 0.3) is 5.91 Å². The molecule has 2 aliphatic rings. The van der Waals surface area contributed by atoms with Crippen LogP contribution in [0.25, 0.3) is 0 Å². The number of carbonyl (C=O) groups is 2. The Morgan fingerprint density at radius 1 is 1.53 bits per heavy atom. The first kappa shape index (κ1) is 13.8. The first-order valence-electron chi connectivity index (χ1n) is 6.73. The van der Waals surface area contributed by atoms with Crippen LogP contribution in [0.5, 0.6) is 0 Å². The number of carbonyl (C=O) groups excluding carboxylic acids is 2. The van der Waals surface area contributed by atoms with Crippen molar-refractivity contribution in [2.75, 3.05) is 13.6 Å². The third-order valence-electron chi connectivity index (χ3n) is 3.74. The van der Waals surface area contributed by atoms with Crippen molar-refractivity contribution in [2.45, 2.75) is 32.2 Å². The Morgan fingerprint density at radius 2 is 2.26 bits per heavy atom. The highest BCUT2D eigenvalue weighted by atomic mass is 16.2. The zero-order valence-corrected chi connectivity index (χ0v) is 11.5. The molecule has 0 spiro atoms. The van der Waals surface area contributed by atoms with Crippen molar-refractivity contribution in [2.24, 2.45) is 11.7 Å². The van der Waals surface area contributed by atoms with Crippen molar-refractivity contribution in [1.29, 1.82) is 0 Å². The Morgan fingerprint density at radius 3 is 2.95 bits per heavy atom. The van der Waals surface area contributed by atoms with Crippen LogP contribution >= 0.6 is 0 Å². The lowest BCUT2D eigenvalue weighted by Gasteiger charge is -2.21. The summed E-state index contributed by atoms with van der Waals surface area (Å²) in [5.74, 6) is -0.0933. The van der Waals surface area contributed by atoms with Gasteiger partial charge >= 0.3 is 0 Å². The normalized spacial score (nSPS) is 24.9. The average molecular weight is 263 g/mol. The van der Waals surface area contributed by atoms with Gasteiger partial charge in [-0.1, -0.05) is 12.2 Å². The average Bonchev–Trinajstić information content (AvgIpc) is 2.51. The van der Waals surface area contributed by atoms with Crippen molar-refractivity contribution >= 4 is 11.8 Å². The Kier molecular flexibility index (Phi) is 4.04. The Hall–Kier alpha value is -1.62. The first-order chi connectivity index (χ1) is 9.00. The van der Waals surface area contributed by atoms with E-state index < -0.39 is 6.04 Å². The smallest absolute Gasteiger partial charge is 0.270 e. The number of amides is 2. The Bertz CT molecular complexity index is 452. The van der Waals surface area contributed by atoms with E-state index in [9.17, 15) is 9.59 Å². The number of hydrogen-bond acceptors (Lipinski definition) is 3. The van der Waals surface area contributed by atoms with Crippen LogP contribution in [-0.4, -0.2) is 36.3 Å². The van der Waals surface area contributed by atoms with E-state index in [2.05, 4.69) is 11.4 Å². The molecule has 104 valence electrons. The van der Waals surface area contributed by atoms with Gasteiger partial charge in [0, 0.05) is 13.6 Å². The SMILES string of the molecule is C[C@H](N)C(=O)NC1=C2C=CCC[C@H]2CCN(C)C1=O. The molecule has 0 saturated heterocycles. The molecule has 2 atom stereocenters. The molecule has 2 amide bonds. The molecule has 1 heterocycles. The fourth-order valence-electron chi connectivity index (χ4n) is 2.51. The number of allylic oxidation sites excluding steroid dienone is 3. The molecule has 0 aromatic carbocycles. The van der Waals surface area contributed by atoms with Crippen LogP contribution in [-0.2, 0) is 9.59 Å². The first-order valence-corrected chi connectivity index (χ1v) is 6.73. The van der Waals surface area contributed by atoms with E-state index in [1.54, 1.807) is 18.9 Å². The molecule has 3 N–H and O–H groups in total. The molecule has 1 aliphatic heterocycles. The second-order valence-electron chi connectivity index (χ2n) is 5.30. The van der Waals surface area contributed by atoms with Crippen molar-refractivity contribution < 1.29 is 9.59 Å². The lowest BCUT2D eigenvalue weighted by molar-refractivity contribution is -0.128. The fourth-order valence-corrected chi connectivity index (χ4v) is 2.51. The minimum absolute atomic E-state index is 0.127. The van der Waals surface area contributed by atoms with Gasteiger partial charge in [0.1, 0.15) is 5.70 Å². The van der Waals surface area contributed by atoms with E-state index in [1.807, 2.05) is 6.08 Å². The predicted octanol–water partition coefficient (Wildman–Crippen LogP) is 0.532. The molecule has 0 bridgehead atoms. The second kappa shape index (κ2) is 5.57. The summed E-state index contributed by atoms with van der Waals surface area (Å²) in [5.41, 5.74) is 6.92. The van der Waals surface area contributed by atoms with Gasteiger partial charge in [-0.15, -0.1) is 0 Å². The number of nitrogens with one attached hydrogen (secondary N) is 1. The number of rotatable bonds is 2. The minimum atomic E-state index is -0.625. The lowest BCUT2D eigenvalue weighted by atomic mass is 9.86. The minimum Gasteiger partial charge on any atom is -0.340 e. The van der Waals surface area contributed by atoms with Gasteiger partial charge in [0.2, 0.25) is 5.91 Å². The summed E-state index contributed by atoms with van der Waals surface area (Å²) in [5, 5.41) is 2.71. The van der Waals surface area contributed by atoms with Crippen LogP contribution < -0.4 is 11.1 Å². The quantitative estimate of drug-likeness (QED) is 0.763. The van der Waals surface area contributed by atoms with Crippen molar-refractivity contribution in [3.05, 3.63) is 23.4 Å². The fraction of sp³-hybridized carbons (Fsp3) is 0.571. The summed E-state index contributed by atoms with van der Waals surface area (Å²) in [6, 6.07) is -0.625. The molecule has 5 nitrogen and oxygen atoms in total. The molecule has 2 rings (SSSR count). The molecule has 0 unspecified atom stereocenters. The van der Waals surface area contributed by atoms with Crippen LogP contribution in [0.2, 0.25) is 0 Å². The maximum Gasteiger partial charge on any atom is 0.270 e. The van der Waals surface area contributed by atoms with Gasteiger partial charge in [-0.2, -0.15) is 0 Å². The highest BCUT2D eigenvalue weighted by Gasteiger charge is 2.30. The summed E-state index contributed by atoms with van der Waals surface area (Å²) in [7, 11) is 1.77. The Labute approximate surface area is 113 Å². The molecule has 0 fully saturated rings. The van der Waals surface area contributed by atoms with Gasteiger partial charge in [-0.3, -0.25) is 9.59 Å². The zero-order chi connectivity index (χ0) is 14.0. The molecular formula is C14H21N3O2. The highest BCUT2D eigenvalue weighted by molar-refractivity contribution is 5.99. The van der Waals surface area contributed by atoms with Crippen LogP contribution in [0.15, 0.2) is 23.4 Å². The third-order valence-corrected chi connectivity index (χ3v) is 3.74. The summed E-state index contributed by atoms with van der Waals surface area (Å²) in [4.78, 5) is 25.8. The second-order valence-corrected chi connectivity index (χ2v) is 5.30. The summed E-state index contributed by atoms with van der Waals surface area (Å²) < 4.78 is 0. The Balaban J connectivity index is 2.37. The largest absolute Gasteiger partial charge is 0.340 e. The maximum atomic E-state index is 12.3. The maximum absolute atomic E-state index is 12.3. The number of nitrogens with zero attached hydrogens (tertiary/aromatic N) is 1. The molecule has 1 aliphatic carbocycles. The van der Waals surface area contributed by atoms with E-state index in [0.29, 0.717) is 11.6 Å². The standard InChI is InChI=1S/C14H21N3O2/c1-9(15)13(18)16-12-11-6-4-3-5-10(11)7-8-17(2)14(12)19/h4,6,9-10H,3,5,7-8,15H2,1-2H3,(H,16,18)/t9-,10-/m0/s1. The van der Waals surface area contributed by atoms with Gasteiger partial charge in [-0.05, 0) is 37.7 Å². The van der Waals surface area contributed by atoms with E-state index in [1.165, 1.54) is 0 Å². The predicted molar refractivity (Wildman–Crippen MR) is 72.9 cm³/mol. The summed E-state index contributed by atoms with van der Waals surface area (Å²) in [6.07, 6.45) is 7.04. The number of fused-ring (bicyclic) bond motifs is 1. The van der Waals surface area contributed by atoms with Crippen molar-refractivity contribution in [3.63, 3.8) is 0 Å². The topological polar surface area (TPSA) is 75.4 Å². The number of nitrogens with two attached hydrogens (primary N) is 1. The van der Waals surface area contributed by atoms with Crippen molar-refractivity contribution in [1.82, 2.24) is 10.2 Å². The van der Waals surface area contributed by atoms with Crippen LogP contribution in [0.4, 0.5) is 0 Å². The monoisotopic (exact) mass is 263 g/mol. The van der Waals surface area contributed by atoms with Crippen molar-refractivity contribution in [3.8, 4) is 0 Å². The van der Waals surface area contributed by atoms with Gasteiger partial charge in [-0.25, -0.2) is 0 Å². The highest BCUT2D eigenvalue weighted by Crippen LogP contribution is 2.31. The number of hydrogen-bond donors (Lipinski definition) is 2. The van der Waals surface area contributed by atoms with Gasteiger partial charge < -0.3 is 16.0 Å². The van der Waals surface area contributed by atoms with Crippen LogP contribution in [0.3, 0.4) is 0 Å². The molecule has 0 aromatic rings. The zero-order valence-electron chi connectivity index (χ0n) is 11.5. The molecule has 0 aromatic heterocycles. The molecule has 19 heavy (non-hydrogen) atoms.